The van der Waals surface area contributed by atoms with Gasteiger partial charge in [0.1, 0.15) is 18.8 Å². The molecule has 6 nitrogen and oxygen atoms in total. The van der Waals surface area contributed by atoms with Gasteiger partial charge in [0, 0.05) is 0 Å². The second-order valence-electron chi connectivity index (χ2n) is 7.38. The van der Waals surface area contributed by atoms with Gasteiger partial charge in [-0.15, -0.1) is 0 Å². The van der Waals surface area contributed by atoms with Gasteiger partial charge in [0.05, 0.1) is 12.0 Å². The van der Waals surface area contributed by atoms with E-state index < -0.39 is 26.0 Å². The van der Waals surface area contributed by atoms with Crippen molar-refractivity contribution in [1.82, 2.24) is 0 Å². The molecule has 0 N–H and O–H groups in total. The maximum Gasteiger partial charge on any atom is 0.508 e. The molecule has 0 saturated carbocycles. The number of hydrogen-bond donors (Lipinski definition) is 0. The third-order valence-electron chi connectivity index (χ3n) is 2.40. The highest BCUT2D eigenvalue weighted by Gasteiger charge is 2.25. The molecule has 0 aromatic rings. The van der Waals surface area contributed by atoms with Crippen LogP contribution in [0.15, 0.2) is 0 Å². The lowest BCUT2D eigenvalue weighted by Gasteiger charge is -2.22. The number of carbonyl (C=O) groups excluding carboxylic acids is 2. The Labute approximate surface area is 134 Å². The topological polar surface area (TPSA) is 71.1 Å². The highest BCUT2D eigenvalue weighted by atomic mass is 28.4. The predicted octanol–water partition coefficient (Wildman–Crippen LogP) is 3.36. The largest absolute Gasteiger partial charge is 0.508 e. The molecule has 0 aromatic heterocycles. The van der Waals surface area contributed by atoms with Crippen molar-refractivity contribution in [2.24, 2.45) is 5.41 Å². The molecule has 2 atom stereocenters. The Morgan fingerprint density at radius 3 is 1.91 bits per heavy atom. The van der Waals surface area contributed by atoms with Gasteiger partial charge in [-0.2, -0.15) is 0 Å². The standard InChI is InChI=1S/C15H30O6Si/c1-11(20-13(16)15(3,4)5)9-18-14(17)21-12(2)10-19-22(6,7)8/h11-12H,9-10H2,1-8H3. The van der Waals surface area contributed by atoms with Gasteiger partial charge in [0.15, 0.2) is 8.32 Å². The minimum Gasteiger partial charge on any atom is -0.459 e. The van der Waals surface area contributed by atoms with E-state index in [-0.39, 0.29) is 18.7 Å². The lowest BCUT2D eigenvalue weighted by Crippen LogP contribution is -2.32. The summed E-state index contributed by atoms with van der Waals surface area (Å²) in [5.41, 5.74) is -0.586. The van der Waals surface area contributed by atoms with Crippen LogP contribution in [-0.4, -0.2) is 45.9 Å². The summed E-state index contributed by atoms with van der Waals surface area (Å²) in [5.74, 6) is -0.339. The quantitative estimate of drug-likeness (QED) is 0.525. The Bertz CT molecular complexity index is 369. The first-order valence-electron chi connectivity index (χ1n) is 7.49. The van der Waals surface area contributed by atoms with Crippen LogP contribution < -0.4 is 0 Å². The minimum absolute atomic E-state index is 0.0394. The molecule has 0 aliphatic heterocycles. The van der Waals surface area contributed by atoms with Crippen molar-refractivity contribution < 1.29 is 28.2 Å². The van der Waals surface area contributed by atoms with Crippen molar-refractivity contribution in [1.29, 1.82) is 0 Å². The van der Waals surface area contributed by atoms with Crippen molar-refractivity contribution >= 4 is 20.4 Å². The Morgan fingerprint density at radius 2 is 1.45 bits per heavy atom. The second-order valence-corrected chi connectivity index (χ2v) is 11.9. The molecule has 7 heteroatoms. The molecule has 0 heterocycles. The molecular weight excluding hydrogens is 304 g/mol. The van der Waals surface area contributed by atoms with Gasteiger partial charge in [-0.05, 0) is 54.3 Å². The van der Waals surface area contributed by atoms with Crippen molar-refractivity contribution in [3.63, 3.8) is 0 Å². The van der Waals surface area contributed by atoms with E-state index in [0.29, 0.717) is 6.61 Å². The zero-order valence-electron chi connectivity index (χ0n) is 15.0. The third-order valence-corrected chi connectivity index (χ3v) is 3.44. The van der Waals surface area contributed by atoms with E-state index in [2.05, 4.69) is 19.6 Å². The van der Waals surface area contributed by atoms with Gasteiger partial charge in [-0.3, -0.25) is 4.79 Å². The highest BCUT2D eigenvalue weighted by molar-refractivity contribution is 6.69. The highest BCUT2D eigenvalue weighted by Crippen LogP contribution is 2.16. The molecular formula is C15H30O6Si. The summed E-state index contributed by atoms with van der Waals surface area (Å²) in [5, 5.41) is 0. The second kappa shape index (κ2) is 8.52. The predicted molar refractivity (Wildman–Crippen MR) is 86.2 cm³/mol. The summed E-state index contributed by atoms with van der Waals surface area (Å²) in [4.78, 5) is 23.2. The van der Waals surface area contributed by atoms with E-state index in [1.54, 1.807) is 34.6 Å². The number of ether oxygens (including phenoxy) is 3. The molecule has 0 saturated heterocycles. The molecule has 0 bridgehead atoms. The fourth-order valence-corrected chi connectivity index (χ4v) is 1.91. The minimum atomic E-state index is -1.63. The van der Waals surface area contributed by atoms with Gasteiger partial charge in [-0.25, -0.2) is 4.79 Å². The fraction of sp³-hybridized carbons (Fsp3) is 0.867. The Hall–Kier alpha value is -1.08. The van der Waals surface area contributed by atoms with Gasteiger partial charge in [0.2, 0.25) is 0 Å². The van der Waals surface area contributed by atoms with E-state index in [9.17, 15) is 9.59 Å². The van der Waals surface area contributed by atoms with E-state index in [1.807, 2.05) is 0 Å². The SMILES string of the molecule is CC(CO[Si](C)(C)C)OC(=O)OCC(C)OC(=O)C(C)(C)C. The average molecular weight is 334 g/mol. The molecule has 22 heavy (non-hydrogen) atoms. The maximum absolute atomic E-state index is 11.7. The van der Waals surface area contributed by atoms with Crippen molar-refractivity contribution in [2.75, 3.05) is 13.2 Å². The van der Waals surface area contributed by atoms with Crippen LogP contribution in [0.2, 0.25) is 19.6 Å². The summed E-state index contributed by atoms with van der Waals surface area (Å²) >= 11 is 0. The normalized spacial score (nSPS) is 14.9. The first-order valence-corrected chi connectivity index (χ1v) is 10.9. The number of rotatable bonds is 7. The van der Waals surface area contributed by atoms with Gasteiger partial charge >= 0.3 is 12.1 Å². The zero-order chi connectivity index (χ0) is 17.6. The molecule has 2 unspecified atom stereocenters. The molecule has 0 radical (unpaired) electrons. The molecule has 0 aromatic carbocycles. The lowest BCUT2D eigenvalue weighted by molar-refractivity contribution is -0.160. The van der Waals surface area contributed by atoms with E-state index in [1.165, 1.54) is 0 Å². The van der Waals surface area contributed by atoms with E-state index in [0.717, 1.165) is 0 Å². The lowest BCUT2D eigenvalue weighted by atomic mass is 9.97. The monoisotopic (exact) mass is 334 g/mol. The van der Waals surface area contributed by atoms with Crippen LogP contribution in [0.5, 0.6) is 0 Å². The smallest absolute Gasteiger partial charge is 0.459 e. The first-order chi connectivity index (χ1) is 9.81. The van der Waals surface area contributed by atoms with Crippen LogP contribution in [-0.2, 0) is 23.4 Å². The van der Waals surface area contributed by atoms with Crippen molar-refractivity contribution in [3.8, 4) is 0 Å². The summed E-state index contributed by atoms with van der Waals surface area (Å²) in [6.45, 7) is 15.2. The summed E-state index contributed by atoms with van der Waals surface area (Å²) < 4.78 is 20.8. The van der Waals surface area contributed by atoms with Gasteiger partial charge < -0.3 is 18.6 Å². The van der Waals surface area contributed by atoms with Crippen LogP contribution in [0, 0.1) is 5.41 Å². The molecule has 130 valence electrons. The third kappa shape index (κ3) is 10.6. The summed E-state index contributed by atoms with van der Waals surface area (Å²) in [6, 6.07) is 0. The first kappa shape index (κ1) is 20.9. The molecule has 0 fully saturated rings. The Kier molecular flexibility index (Phi) is 8.10. The Morgan fingerprint density at radius 1 is 0.955 bits per heavy atom. The maximum atomic E-state index is 11.7. The molecule has 0 spiro atoms. The summed E-state index contributed by atoms with van der Waals surface area (Å²) in [6.07, 6.45) is -1.69. The van der Waals surface area contributed by atoms with Gasteiger partial charge in [-0.1, -0.05) is 0 Å². The van der Waals surface area contributed by atoms with Crippen LogP contribution in [0.25, 0.3) is 0 Å². The van der Waals surface area contributed by atoms with E-state index in [4.69, 9.17) is 18.6 Å². The molecule has 0 amide bonds. The van der Waals surface area contributed by atoms with Crippen LogP contribution in [0.1, 0.15) is 34.6 Å². The average Bonchev–Trinajstić information content (AvgIpc) is 2.32. The van der Waals surface area contributed by atoms with E-state index >= 15 is 0 Å². The van der Waals surface area contributed by atoms with Crippen molar-refractivity contribution in [2.45, 2.75) is 66.5 Å². The number of carbonyl (C=O) groups is 2. The number of hydrogen-bond acceptors (Lipinski definition) is 6. The molecule has 0 rings (SSSR count). The molecule has 0 aliphatic rings. The number of esters is 1. The zero-order valence-corrected chi connectivity index (χ0v) is 16.0. The van der Waals surface area contributed by atoms with Gasteiger partial charge in [0.25, 0.3) is 0 Å². The Balaban J connectivity index is 4.01. The molecule has 0 aliphatic carbocycles. The van der Waals surface area contributed by atoms with Crippen LogP contribution in [0.4, 0.5) is 4.79 Å². The summed E-state index contributed by atoms with van der Waals surface area (Å²) in [7, 11) is -1.63. The van der Waals surface area contributed by atoms with Crippen LogP contribution in [0.3, 0.4) is 0 Å². The fourth-order valence-electron chi connectivity index (χ4n) is 1.18. The van der Waals surface area contributed by atoms with Crippen LogP contribution >= 0.6 is 0 Å². The van der Waals surface area contributed by atoms with Crippen molar-refractivity contribution in [3.05, 3.63) is 0 Å².